The van der Waals surface area contributed by atoms with E-state index in [1.807, 2.05) is 13.0 Å². The number of pyridine rings is 1. The molecular weight excluding hydrogens is 174 g/mol. The Morgan fingerprint density at radius 3 is 2.83 bits per heavy atom. The fraction of sp³-hybridized carbons (Fsp3) is 0.444. The highest BCUT2D eigenvalue weighted by Gasteiger charge is 2.00. The van der Waals surface area contributed by atoms with Crippen molar-refractivity contribution in [2.45, 2.75) is 26.4 Å². The van der Waals surface area contributed by atoms with E-state index in [0.29, 0.717) is 5.15 Å². The molecule has 0 radical (unpaired) electrons. The van der Waals surface area contributed by atoms with Gasteiger partial charge in [-0.3, -0.25) is 0 Å². The lowest BCUT2D eigenvalue weighted by Gasteiger charge is -2.11. The third kappa shape index (κ3) is 2.70. The molecule has 3 heteroatoms. The van der Waals surface area contributed by atoms with Gasteiger partial charge in [-0.05, 0) is 25.5 Å². The average molecular weight is 186 g/mol. The Balaban J connectivity index is 2.58. The number of rotatable bonds is 3. The lowest BCUT2D eigenvalue weighted by Crippen LogP contribution is -2.09. The van der Waals surface area contributed by atoms with E-state index in [-0.39, 0.29) is 6.10 Å². The summed E-state index contributed by atoms with van der Waals surface area (Å²) in [4.78, 5) is 3.91. The molecule has 0 aliphatic rings. The molecule has 1 unspecified atom stereocenters. The standard InChI is InChI=1S/C9H12ClNO/c1-3-7(2)12-8-4-5-9(10)11-6-8/h4-7H,3H2,1-2H3. The van der Waals surface area contributed by atoms with Crippen LogP contribution in [0.25, 0.3) is 0 Å². The molecule has 0 aromatic carbocycles. The minimum absolute atomic E-state index is 0.230. The van der Waals surface area contributed by atoms with Crippen LogP contribution < -0.4 is 4.74 Å². The molecule has 0 fully saturated rings. The van der Waals surface area contributed by atoms with Crippen LogP contribution in [0.3, 0.4) is 0 Å². The first kappa shape index (κ1) is 9.33. The minimum Gasteiger partial charge on any atom is -0.489 e. The van der Waals surface area contributed by atoms with E-state index in [1.54, 1.807) is 12.3 Å². The zero-order valence-electron chi connectivity index (χ0n) is 7.25. The van der Waals surface area contributed by atoms with Crippen molar-refractivity contribution in [2.75, 3.05) is 0 Å². The molecule has 0 N–H and O–H groups in total. The van der Waals surface area contributed by atoms with Gasteiger partial charge in [0.1, 0.15) is 10.9 Å². The van der Waals surface area contributed by atoms with Crippen LogP contribution in [0.2, 0.25) is 5.15 Å². The normalized spacial score (nSPS) is 12.6. The van der Waals surface area contributed by atoms with Gasteiger partial charge in [-0.25, -0.2) is 4.98 Å². The van der Waals surface area contributed by atoms with Crippen molar-refractivity contribution in [1.29, 1.82) is 0 Å². The molecule has 2 nitrogen and oxygen atoms in total. The maximum Gasteiger partial charge on any atom is 0.138 e. The van der Waals surface area contributed by atoms with Crippen LogP contribution in [-0.4, -0.2) is 11.1 Å². The molecule has 0 saturated carbocycles. The van der Waals surface area contributed by atoms with Crippen LogP contribution in [0.15, 0.2) is 18.3 Å². The highest BCUT2D eigenvalue weighted by Crippen LogP contribution is 2.14. The molecule has 0 aliphatic carbocycles. The smallest absolute Gasteiger partial charge is 0.138 e. The molecule has 12 heavy (non-hydrogen) atoms. The van der Waals surface area contributed by atoms with Crippen LogP contribution in [-0.2, 0) is 0 Å². The van der Waals surface area contributed by atoms with E-state index in [0.717, 1.165) is 12.2 Å². The molecule has 0 saturated heterocycles. The maximum atomic E-state index is 5.62. The molecule has 1 heterocycles. The van der Waals surface area contributed by atoms with Crippen LogP contribution in [0.4, 0.5) is 0 Å². The second kappa shape index (κ2) is 4.31. The Morgan fingerprint density at radius 1 is 1.58 bits per heavy atom. The zero-order chi connectivity index (χ0) is 8.97. The molecule has 66 valence electrons. The SMILES string of the molecule is CCC(C)Oc1ccc(Cl)nc1. The molecule has 1 aromatic rings. The quantitative estimate of drug-likeness (QED) is 0.676. The number of hydrogen-bond donors (Lipinski definition) is 0. The predicted octanol–water partition coefficient (Wildman–Crippen LogP) is 2.91. The van der Waals surface area contributed by atoms with E-state index in [9.17, 15) is 0 Å². The first-order chi connectivity index (χ1) is 5.72. The van der Waals surface area contributed by atoms with E-state index in [2.05, 4.69) is 11.9 Å². The summed E-state index contributed by atoms with van der Waals surface area (Å²) >= 11 is 5.62. The first-order valence-electron chi connectivity index (χ1n) is 4.00. The van der Waals surface area contributed by atoms with Crippen LogP contribution in [0.1, 0.15) is 20.3 Å². The van der Waals surface area contributed by atoms with Gasteiger partial charge < -0.3 is 4.74 Å². The van der Waals surface area contributed by atoms with Crippen LogP contribution in [0.5, 0.6) is 5.75 Å². The van der Waals surface area contributed by atoms with Crippen molar-refractivity contribution < 1.29 is 4.74 Å². The molecule has 1 atom stereocenters. The molecule has 0 amide bonds. The summed E-state index contributed by atoms with van der Waals surface area (Å²) in [5.74, 6) is 0.772. The molecule has 1 aromatic heterocycles. The third-order valence-corrected chi connectivity index (χ3v) is 1.84. The number of hydrogen-bond acceptors (Lipinski definition) is 2. The second-order valence-electron chi connectivity index (χ2n) is 2.65. The number of halogens is 1. The van der Waals surface area contributed by atoms with Crippen molar-refractivity contribution in [3.05, 3.63) is 23.5 Å². The van der Waals surface area contributed by atoms with Gasteiger partial charge in [-0.2, -0.15) is 0 Å². The second-order valence-corrected chi connectivity index (χ2v) is 3.04. The summed E-state index contributed by atoms with van der Waals surface area (Å²) in [6.45, 7) is 4.10. The fourth-order valence-electron chi connectivity index (χ4n) is 0.748. The summed E-state index contributed by atoms with van der Waals surface area (Å²) in [7, 11) is 0. The van der Waals surface area contributed by atoms with Gasteiger partial charge in [0.15, 0.2) is 0 Å². The molecule has 1 rings (SSSR count). The topological polar surface area (TPSA) is 22.1 Å². The van der Waals surface area contributed by atoms with Crippen LogP contribution in [0, 0.1) is 0 Å². The fourth-order valence-corrected chi connectivity index (χ4v) is 0.859. The summed E-state index contributed by atoms with van der Waals surface area (Å²) in [5, 5.41) is 0.492. The number of ether oxygens (including phenoxy) is 1. The summed E-state index contributed by atoms with van der Waals surface area (Å²) in [5.41, 5.74) is 0. The lowest BCUT2D eigenvalue weighted by molar-refractivity contribution is 0.216. The molecule has 0 bridgehead atoms. The van der Waals surface area contributed by atoms with E-state index in [4.69, 9.17) is 16.3 Å². The van der Waals surface area contributed by atoms with Gasteiger partial charge in [0, 0.05) is 0 Å². The number of aromatic nitrogens is 1. The van der Waals surface area contributed by atoms with Crippen molar-refractivity contribution in [2.24, 2.45) is 0 Å². The van der Waals surface area contributed by atoms with Gasteiger partial charge in [0.05, 0.1) is 12.3 Å². The van der Waals surface area contributed by atoms with Gasteiger partial charge in [0.25, 0.3) is 0 Å². The Morgan fingerprint density at radius 2 is 2.33 bits per heavy atom. The molecular formula is C9H12ClNO. The van der Waals surface area contributed by atoms with Crippen molar-refractivity contribution in [3.63, 3.8) is 0 Å². The minimum atomic E-state index is 0.230. The third-order valence-electron chi connectivity index (χ3n) is 1.61. The zero-order valence-corrected chi connectivity index (χ0v) is 8.01. The summed E-state index contributed by atoms with van der Waals surface area (Å²) < 4.78 is 5.50. The van der Waals surface area contributed by atoms with E-state index < -0.39 is 0 Å². The Hall–Kier alpha value is -0.760. The Bertz CT molecular complexity index is 235. The van der Waals surface area contributed by atoms with E-state index in [1.165, 1.54) is 0 Å². The van der Waals surface area contributed by atoms with Gasteiger partial charge in [-0.1, -0.05) is 18.5 Å². The van der Waals surface area contributed by atoms with Crippen molar-refractivity contribution in [3.8, 4) is 5.75 Å². The predicted molar refractivity (Wildman–Crippen MR) is 49.6 cm³/mol. The van der Waals surface area contributed by atoms with Gasteiger partial charge in [0.2, 0.25) is 0 Å². The van der Waals surface area contributed by atoms with Gasteiger partial charge >= 0.3 is 0 Å². The average Bonchev–Trinajstić information content (AvgIpc) is 2.09. The van der Waals surface area contributed by atoms with Gasteiger partial charge in [-0.15, -0.1) is 0 Å². The monoisotopic (exact) mass is 185 g/mol. The molecule has 0 aliphatic heterocycles. The van der Waals surface area contributed by atoms with Crippen LogP contribution >= 0.6 is 11.6 Å². The summed E-state index contributed by atoms with van der Waals surface area (Å²) in [6, 6.07) is 3.54. The van der Waals surface area contributed by atoms with E-state index >= 15 is 0 Å². The first-order valence-corrected chi connectivity index (χ1v) is 4.38. The Kier molecular flexibility index (Phi) is 3.35. The molecule has 0 spiro atoms. The lowest BCUT2D eigenvalue weighted by atomic mass is 10.3. The summed E-state index contributed by atoms with van der Waals surface area (Å²) in [6.07, 6.45) is 2.85. The van der Waals surface area contributed by atoms with Crippen molar-refractivity contribution >= 4 is 11.6 Å². The highest BCUT2D eigenvalue weighted by molar-refractivity contribution is 6.29. The largest absolute Gasteiger partial charge is 0.489 e. The van der Waals surface area contributed by atoms with Crippen molar-refractivity contribution in [1.82, 2.24) is 4.98 Å². The maximum absolute atomic E-state index is 5.62. The number of nitrogens with zero attached hydrogens (tertiary/aromatic N) is 1. The highest BCUT2D eigenvalue weighted by atomic mass is 35.5. The Labute approximate surface area is 77.5 Å².